The highest BCUT2D eigenvalue weighted by Gasteiger charge is 2.08. The molecule has 66 valence electrons. The van der Waals surface area contributed by atoms with Crippen LogP contribution in [0.2, 0.25) is 0 Å². The van der Waals surface area contributed by atoms with Crippen LogP contribution in [0.4, 0.5) is 11.4 Å². The van der Waals surface area contributed by atoms with Gasteiger partial charge in [-0.3, -0.25) is 4.99 Å². The maximum Gasteiger partial charge on any atom is 0.0892 e. The number of fused-ring (bicyclic) bond motifs is 1. The van der Waals surface area contributed by atoms with Crippen LogP contribution in [0.25, 0.3) is 0 Å². The molecule has 1 heterocycles. The molecule has 0 fully saturated rings. The third-order valence-corrected chi connectivity index (χ3v) is 2.14. The SMILES string of the molecule is C=CNc1cccc2c1N=CCC2. The van der Waals surface area contributed by atoms with Gasteiger partial charge in [-0.15, -0.1) is 0 Å². The van der Waals surface area contributed by atoms with Gasteiger partial charge < -0.3 is 5.32 Å². The average Bonchev–Trinajstić information content (AvgIpc) is 2.19. The summed E-state index contributed by atoms with van der Waals surface area (Å²) in [4.78, 5) is 4.38. The van der Waals surface area contributed by atoms with E-state index in [-0.39, 0.29) is 0 Å². The van der Waals surface area contributed by atoms with Crippen molar-refractivity contribution in [3.8, 4) is 0 Å². The molecule has 0 bridgehead atoms. The highest BCUT2D eigenvalue weighted by atomic mass is 14.9. The van der Waals surface area contributed by atoms with Crippen molar-refractivity contribution in [2.24, 2.45) is 4.99 Å². The number of nitrogens with one attached hydrogen (secondary N) is 1. The monoisotopic (exact) mass is 172 g/mol. The Labute approximate surface area is 78.0 Å². The molecule has 1 N–H and O–H groups in total. The first-order valence-corrected chi connectivity index (χ1v) is 4.43. The molecule has 1 aliphatic rings. The predicted molar refractivity (Wildman–Crippen MR) is 56.7 cm³/mol. The number of hydrogen-bond donors (Lipinski definition) is 1. The fraction of sp³-hybridized carbons (Fsp3) is 0.182. The Bertz CT molecular complexity index is 353. The second-order valence-corrected chi connectivity index (χ2v) is 3.01. The normalized spacial score (nSPS) is 13.5. The van der Waals surface area contributed by atoms with Crippen LogP contribution in [0.1, 0.15) is 12.0 Å². The molecule has 0 aliphatic carbocycles. The van der Waals surface area contributed by atoms with Crippen molar-refractivity contribution in [1.29, 1.82) is 0 Å². The number of anilines is 1. The summed E-state index contributed by atoms with van der Waals surface area (Å²) in [7, 11) is 0. The molecule has 2 nitrogen and oxygen atoms in total. The molecular formula is C11H12N2. The first-order chi connectivity index (χ1) is 6.42. The van der Waals surface area contributed by atoms with E-state index in [0.717, 1.165) is 24.2 Å². The van der Waals surface area contributed by atoms with Crippen molar-refractivity contribution in [2.75, 3.05) is 5.32 Å². The second kappa shape index (κ2) is 3.44. The van der Waals surface area contributed by atoms with Crippen molar-refractivity contribution in [3.63, 3.8) is 0 Å². The molecule has 2 heteroatoms. The van der Waals surface area contributed by atoms with Gasteiger partial charge in [0.15, 0.2) is 0 Å². The van der Waals surface area contributed by atoms with Crippen molar-refractivity contribution in [2.45, 2.75) is 12.8 Å². The Morgan fingerprint density at radius 3 is 3.23 bits per heavy atom. The lowest BCUT2D eigenvalue weighted by atomic mass is 10.0. The van der Waals surface area contributed by atoms with Crippen molar-refractivity contribution < 1.29 is 0 Å². The largest absolute Gasteiger partial charge is 0.361 e. The van der Waals surface area contributed by atoms with Crippen LogP contribution in [0.15, 0.2) is 36.0 Å². The van der Waals surface area contributed by atoms with Gasteiger partial charge in [0.2, 0.25) is 0 Å². The zero-order valence-corrected chi connectivity index (χ0v) is 7.46. The average molecular weight is 172 g/mol. The van der Waals surface area contributed by atoms with E-state index in [0.29, 0.717) is 0 Å². The molecule has 2 rings (SSSR count). The fourth-order valence-electron chi connectivity index (χ4n) is 1.55. The number of aliphatic imine (C=N–C) groups is 1. The molecular weight excluding hydrogens is 160 g/mol. The Kier molecular flexibility index (Phi) is 2.13. The van der Waals surface area contributed by atoms with Crippen molar-refractivity contribution in [3.05, 3.63) is 36.5 Å². The maximum absolute atomic E-state index is 4.38. The van der Waals surface area contributed by atoms with Gasteiger partial charge in [-0.05, 0) is 30.7 Å². The summed E-state index contributed by atoms with van der Waals surface area (Å²) in [5, 5.41) is 3.09. The molecule has 13 heavy (non-hydrogen) atoms. The van der Waals surface area contributed by atoms with Gasteiger partial charge >= 0.3 is 0 Å². The summed E-state index contributed by atoms with van der Waals surface area (Å²) >= 11 is 0. The molecule has 1 aromatic rings. The van der Waals surface area contributed by atoms with E-state index in [1.165, 1.54) is 5.56 Å². The van der Waals surface area contributed by atoms with Crippen LogP contribution in [-0.4, -0.2) is 6.21 Å². The Morgan fingerprint density at radius 2 is 2.38 bits per heavy atom. The summed E-state index contributed by atoms with van der Waals surface area (Å²) in [6, 6.07) is 6.19. The van der Waals surface area contributed by atoms with Crippen LogP contribution < -0.4 is 5.32 Å². The highest BCUT2D eigenvalue weighted by Crippen LogP contribution is 2.32. The van der Waals surface area contributed by atoms with Gasteiger partial charge in [0.05, 0.1) is 11.4 Å². The van der Waals surface area contributed by atoms with Crippen LogP contribution in [0, 0.1) is 0 Å². The molecule has 0 saturated heterocycles. The lowest BCUT2D eigenvalue weighted by Crippen LogP contribution is -1.96. The summed E-state index contributed by atoms with van der Waals surface area (Å²) in [6.07, 6.45) is 5.78. The van der Waals surface area contributed by atoms with Gasteiger partial charge in [-0.25, -0.2) is 0 Å². The van der Waals surface area contributed by atoms with Gasteiger partial charge in [-0.2, -0.15) is 0 Å². The Balaban J connectivity index is 2.47. The minimum absolute atomic E-state index is 1.04. The molecule has 1 aromatic carbocycles. The molecule has 0 atom stereocenters. The van der Waals surface area contributed by atoms with E-state index in [2.05, 4.69) is 23.0 Å². The minimum atomic E-state index is 1.04. The lowest BCUT2D eigenvalue weighted by molar-refractivity contribution is 1.03. The number of benzene rings is 1. The zero-order chi connectivity index (χ0) is 9.10. The van der Waals surface area contributed by atoms with Crippen molar-refractivity contribution in [1.82, 2.24) is 0 Å². The van der Waals surface area contributed by atoms with Crippen LogP contribution in [-0.2, 0) is 6.42 Å². The third kappa shape index (κ3) is 1.47. The maximum atomic E-state index is 4.38. The van der Waals surface area contributed by atoms with Gasteiger partial charge in [0.1, 0.15) is 0 Å². The number of rotatable bonds is 2. The fourth-order valence-corrected chi connectivity index (χ4v) is 1.55. The first-order valence-electron chi connectivity index (χ1n) is 4.43. The Hall–Kier alpha value is -1.57. The molecule has 0 radical (unpaired) electrons. The summed E-state index contributed by atoms with van der Waals surface area (Å²) < 4.78 is 0. The summed E-state index contributed by atoms with van der Waals surface area (Å²) in [5.74, 6) is 0. The van der Waals surface area contributed by atoms with Crippen LogP contribution in [0.3, 0.4) is 0 Å². The zero-order valence-electron chi connectivity index (χ0n) is 7.46. The van der Waals surface area contributed by atoms with E-state index in [1.54, 1.807) is 6.20 Å². The molecule has 0 unspecified atom stereocenters. The molecule has 0 saturated carbocycles. The Morgan fingerprint density at radius 1 is 1.46 bits per heavy atom. The second-order valence-electron chi connectivity index (χ2n) is 3.01. The molecule has 0 spiro atoms. The van der Waals surface area contributed by atoms with Gasteiger partial charge in [0.25, 0.3) is 0 Å². The van der Waals surface area contributed by atoms with Crippen LogP contribution in [0.5, 0.6) is 0 Å². The number of para-hydroxylation sites is 1. The smallest absolute Gasteiger partial charge is 0.0892 e. The number of hydrogen-bond acceptors (Lipinski definition) is 2. The molecule has 1 aliphatic heterocycles. The standard InChI is InChI=1S/C11H12N2/c1-2-12-10-7-3-5-9-6-4-8-13-11(9)10/h2-3,5,7-8,12H,1,4,6H2. The van der Waals surface area contributed by atoms with E-state index < -0.39 is 0 Å². The predicted octanol–water partition coefficient (Wildman–Crippen LogP) is 2.89. The third-order valence-electron chi connectivity index (χ3n) is 2.14. The topological polar surface area (TPSA) is 24.4 Å². The van der Waals surface area contributed by atoms with Gasteiger partial charge in [0, 0.05) is 6.21 Å². The van der Waals surface area contributed by atoms with E-state index in [1.807, 2.05) is 18.3 Å². The summed E-state index contributed by atoms with van der Waals surface area (Å²) in [6.45, 7) is 3.64. The van der Waals surface area contributed by atoms with Crippen LogP contribution >= 0.6 is 0 Å². The number of nitrogens with zero attached hydrogens (tertiary/aromatic N) is 1. The van der Waals surface area contributed by atoms with Gasteiger partial charge in [-0.1, -0.05) is 18.7 Å². The number of aryl methyl sites for hydroxylation is 1. The minimum Gasteiger partial charge on any atom is -0.361 e. The van der Waals surface area contributed by atoms with E-state index >= 15 is 0 Å². The van der Waals surface area contributed by atoms with Crippen molar-refractivity contribution >= 4 is 17.6 Å². The first kappa shape index (κ1) is 8.05. The summed E-state index contributed by atoms with van der Waals surface area (Å²) in [5.41, 5.74) is 3.42. The highest BCUT2D eigenvalue weighted by molar-refractivity contribution is 5.78. The molecule has 0 amide bonds. The van der Waals surface area contributed by atoms with E-state index in [4.69, 9.17) is 0 Å². The molecule has 0 aromatic heterocycles. The quantitative estimate of drug-likeness (QED) is 0.728. The lowest BCUT2D eigenvalue weighted by Gasteiger charge is -2.13. The van der Waals surface area contributed by atoms with E-state index in [9.17, 15) is 0 Å².